The molecule has 2 aromatic carbocycles. The lowest BCUT2D eigenvalue weighted by Crippen LogP contribution is -1.97. The molecule has 0 nitrogen and oxygen atoms in total. The molecular weight excluding hydrogens is 331 g/mol. The molecule has 0 N–H and O–H groups in total. The topological polar surface area (TPSA) is 0 Å². The first kappa shape index (κ1) is 13.9. The van der Waals surface area contributed by atoms with Gasteiger partial charge in [0, 0.05) is 10.0 Å². The van der Waals surface area contributed by atoms with Crippen LogP contribution < -0.4 is 0 Å². The van der Waals surface area contributed by atoms with Crippen LogP contribution in [0.2, 0.25) is 10.0 Å². The third kappa shape index (κ3) is 2.90. The number of alkyl halides is 1. The minimum absolute atomic E-state index is 0.0589. The Kier molecular flexibility index (Phi) is 4.37. The van der Waals surface area contributed by atoms with E-state index in [1.54, 1.807) is 6.07 Å². The van der Waals surface area contributed by atoms with Crippen molar-refractivity contribution in [1.82, 2.24) is 0 Å². The largest absolute Gasteiger partial charge is 0.0843 e. The molecule has 0 saturated heterocycles. The Morgan fingerprint density at radius 1 is 0.944 bits per heavy atom. The zero-order valence-electron chi connectivity index (χ0n) is 10.2. The number of benzene rings is 2. The summed E-state index contributed by atoms with van der Waals surface area (Å²) in [5.41, 5.74) is 4.69. The highest BCUT2D eigenvalue weighted by atomic mass is 79.9. The second kappa shape index (κ2) is 5.64. The zero-order chi connectivity index (χ0) is 13.3. The third-order valence-corrected chi connectivity index (χ3v) is 4.50. The molecule has 2 rings (SSSR count). The van der Waals surface area contributed by atoms with Crippen LogP contribution in [0.5, 0.6) is 0 Å². The van der Waals surface area contributed by atoms with Gasteiger partial charge in [0.05, 0.1) is 4.83 Å². The minimum atomic E-state index is 0.0589. The molecule has 3 heteroatoms. The number of hydrogen-bond acceptors (Lipinski definition) is 0. The molecule has 0 aliphatic rings. The van der Waals surface area contributed by atoms with Crippen molar-refractivity contribution in [2.75, 3.05) is 0 Å². The number of hydrogen-bond donors (Lipinski definition) is 0. The van der Waals surface area contributed by atoms with E-state index < -0.39 is 0 Å². The standard InChI is InChI=1S/C15H13BrCl2/c1-9-3-4-10(2)12(7-9)15(16)13-8-11(17)5-6-14(13)18/h3-8,15H,1-2H3. The van der Waals surface area contributed by atoms with Crippen LogP contribution >= 0.6 is 39.1 Å². The molecule has 18 heavy (non-hydrogen) atoms. The van der Waals surface area contributed by atoms with Gasteiger partial charge in [0.2, 0.25) is 0 Å². The Hall–Kier alpha value is -0.500. The second-order valence-electron chi connectivity index (χ2n) is 4.39. The van der Waals surface area contributed by atoms with Gasteiger partial charge in [-0.15, -0.1) is 0 Å². The van der Waals surface area contributed by atoms with Crippen molar-refractivity contribution in [3.8, 4) is 0 Å². The summed E-state index contributed by atoms with van der Waals surface area (Å²) >= 11 is 16.0. The number of rotatable bonds is 2. The summed E-state index contributed by atoms with van der Waals surface area (Å²) in [6.07, 6.45) is 0. The van der Waals surface area contributed by atoms with Crippen LogP contribution in [-0.2, 0) is 0 Å². The predicted molar refractivity (Wildman–Crippen MR) is 83.1 cm³/mol. The maximum atomic E-state index is 6.24. The fourth-order valence-corrected chi connectivity index (χ4v) is 3.32. The average molecular weight is 344 g/mol. The van der Waals surface area contributed by atoms with Crippen LogP contribution in [0.4, 0.5) is 0 Å². The summed E-state index contributed by atoms with van der Waals surface area (Å²) in [4.78, 5) is 0.0589. The molecule has 0 fully saturated rings. The van der Waals surface area contributed by atoms with E-state index in [1.165, 1.54) is 16.7 Å². The zero-order valence-corrected chi connectivity index (χ0v) is 13.3. The highest BCUT2D eigenvalue weighted by Gasteiger charge is 2.16. The van der Waals surface area contributed by atoms with Crippen molar-refractivity contribution in [1.29, 1.82) is 0 Å². The summed E-state index contributed by atoms with van der Waals surface area (Å²) in [5, 5.41) is 1.42. The first-order valence-electron chi connectivity index (χ1n) is 5.65. The quantitative estimate of drug-likeness (QED) is 0.578. The van der Waals surface area contributed by atoms with Gasteiger partial charge in [0.25, 0.3) is 0 Å². The molecule has 1 unspecified atom stereocenters. The Labute approximate surface area is 126 Å². The van der Waals surface area contributed by atoms with E-state index in [1.807, 2.05) is 12.1 Å². The molecule has 0 spiro atoms. The summed E-state index contributed by atoms with van der Waals surface area (Å²) in [6, 6.07) is 11.9. The van der Waals surface area contributed by atoms with Crippen molar-refractivity contribution < 1.29 is 0 Å². The van der Waals surface area contributed by atoms with Gasteiger partial charge in [-0.05, 0) is 48.7 Å². The van der Waals surface area contributed by atoms with Gasteiger partial charge in [0.1, 0.15) is 0 Å². The maximum Gasteiger partial charge on any atom is 0.0662 e. The molecule has 94 valence electrons. The first-order chi connectivity index (χ1) is 8.49. The number of aryl methyl sites for hydroxylation is 2. The molecule has 0 aliphatic carbocycles. The van der Waals surface area contributed by atoms with E-state index in [2.05, 4.69) is 48.0 Å². The van der Waals surface area contributed by atoms with Gasteiger partial charge in [-0.3, -0.25) is 0 Å². The van der Waals surface area contributed by atoms with Gasteiger partial charge in [-0.2, -0.15) is 0 Å². The van der Waals surface area contributed by atoms with Crippen LogP contribution in [-0.4, -0.2) is 0 Å². The summed E-state index contributed by atoms with van der Waals surface area (Å²) < 4.78 is 0. The molecule has 1 atom stereocenters. The third-order valence-electron chi connectivity index (χ3n) is 2.94. The van der Waals surface area contributed by atoms with Crippen molar-refractivity contribution in [2.24, 2.45) is 0 Å². The number of halogens is 3. The van der Waals surface area contributed by atoms with Crippen LogP contribution in [0.1, 0.15) is 27.1 Å². The van der Waals surface area contributed by atoms with E-state index in [4.69, 9.17) is 23.2 Å². The van der Waals surface area contributed by atoms with Crippen molar-refractivity contribution in [2.45, 2.75) is 18.7 Å². The van der Waals surface area contributed by atoms with Crippen LogP contribution in [0, 0.1) is 13.8 Å². The lowest BCUT2D eigenvalue weighted by molar-refractivity contribution is 1.13. The molecule has 0 bridgehead atoms. The Morgan fingerprint density at radius 3 is 2.39 bits per heavy atom. The van der Waals surface area contributed by atoms with Crippen LogP contribution in [0.3, 0.4) is 0 Å². The fourth-order valence-electron chi connectivity index (χ4n) is 1.91. The van der Waals surface area contributed by atoms with Gasteiger partial charge < -0.3 is 0 Å². The molecule has 0 radical (unpaired) electrons. The van der Waals surface area contributed by atoms with Crippen LogP contribution in [0.15, 0.2) is 36.4 Å². The van der Waals surface area contributed by atoms with Crippen molar-refractivity contribution >= 4 is 39.1 Å². The highest BCUT2D eigenvalue weighted by molar-refractivity contribution is 9.09. The smallest absolute Gasteiger partial charge is 0.0662 e. The first-order valence-corrected chi connectivity index (χ1v) is 7.32. The minimum Gasteiger partial charge on any atom is -0.0843 e. The Morgan fingerprint density at radius 2 is 1.67 bits per heavy atom. The van der Waals surface area contributed by atoms with Gasteiger partial charge in [-0.25, -0.2) is 0 Å². The molecule has 0 saturated carbocycles. The molecule has 2 aromatic rings. The van der Waals surface area contributed by atoms with E-state index in [0.29, 0.717) is 5.02 Å². The molecule has 0 aromatic heterocycles. The average Bonchev–Trinajstić information content (AvgIpc) is 2.34. The van der Waals surface area contributed by atoms with Gasteiger partial charge in [-0.1, -0.05) is 62.9 Å². The fraction of sp³-hybridized carbons (Fsp3) is 0.200. The molecule has 0 aliphatic heterocycles. The Balaban J connectivity index is 2.50. The predicted octanol–water partition coefficient (Wildman–Crippen LogP) is 6.09. The van der Waals surface area contributed by atoms with Crippen molar-refractivity contribution in [3.63, 3.8) is 0 Å². The van der Waals surface area contributed by atoms with E-state index in [-0.39, 0.29) is 4.83 Å². The maximum absolute atomic E-state index is 6.24. The summed E-state index contributed by atoms with van der Waals surface area (Å²) in [7, 11) is 0. The highest BCUT2D eigenvalue weighted by Crippen LogP contribution is 2.38. The van der Waals surface area contributed by atoms with Gasteiger partial charge >= 0.3 is 0 Å². The summed E-state index contributed by atoms with van der Waals surface area (Å²) in [6.45, 7) is 4.18. The Bertz CT molecular complexity index is 527. The van der Waals surface area contributed by atoms with E-state index >= 15 is 0 Å². The van der Waals surface area contributed by atoms with Crippen molar-refractivity contribution in [3.05, 3.63) is 68.7 Å². The molecule has 0 amide bonds. The lowest BCUT2D eigenvalue weighted by atomic mass is 9.98. The normalized spacial score (nSPS) is 12.5. The molecular formula is C15H13BrCl2. The van der Waals surface area contributed by atoms with Gasteiger partial charge in [0.15, 0.2) is 0 Å². The lowest BCUT2D eigenvalue weighted by Gasteiger charge is -2.16. The van der Waals surface area contributed by atoms with E-state index in [9.17, 15) is 0 Å². The SMILES string of the molecule is Cc1ccc(C)c(C(Br)c2cc(Cl)ccc2Cl)c1. The van der Waals surface area contributed by atoms with E-state index in [0.717, 1.165) is 10.6 Å². The monoisotopic (exact) mass is 342 g/mol. The molecule has 0 heterocycles. The summed E-state index contributed by atoms with van der Waals surface area (Å²) in [5.74, 6) is 0. The second-order valence-corrected chi connectivity index (χ2v) is 6.15. The van der Waals surface area contributed by atoms with Crippen LogP contribution in [0.25, 0.3) is 0 Å².